The van der Waals surface area contributed by atoms with Crippen molar-refractivity contribution < 1.29 is 9.90 Å². The van der Waals surface area contributed by atoms with Crippen LogP contribution in [0.3, 0.4) is 0 Å². The van der Waals surface area contributed by atoms with Crippen LogP contribution in [0.5, 0.6) is 0 Å². The third-order valence-corrected chi connectivity index (χ3v) is 3.89. The minimum Gasteiger partial charge on any atom is -0.481 e. The number of nitrogens with one attached hydrogen (secondary N) is 1. The van der Waals surface area contributed by atoms with Crippen LogP contribution in [0.15, 0.2) is 0 Å². The van der Waals surface area contributed by atoms with Crippen molar-refractivity contribution in [3.8, 4) is 0 Å². The van der Waals surface area contributed by atoms with Gasteiger partial charge in [-0.3, -0.25) is 4.79 Å². The number of hydrogen-bond donors (Lipinski definition) is 2. The standard InChI is InChI=1S/C14H27NO2/c1-4-13(11-6-5-7-11)15-9-12(14(16)17)8-10(2)3/h10-13,15H,4-9H2,1-3H3,(H,16,17). The second-order valence-electron chi connectivity index (χ2n) is 5.78. The van der Waals surface area contributed by atoms with Crippen molar-refractivity contribution in [2.75, 3.05) is 6.54 Å². The summed E-state index contributed by atoms with van der Waals surface area (Å²) < 4.78 is 0. The van der Waals surface area contributed by atoms with Gasteiger partial charge in [-0.1, -0.05) is 27.2 Å². The molecule has 3 heteroatoms. The van der Waals surface area contributed by atoms with Gasteiger partial charge < -0.3 is 10.4 Å². The molecule has 0 saturated heterocycles. The van der Waals surface area contributed by atoms with Crippen molar-refractivity contribution in [3.05, 3.63) is 0 Å². The molecule has 0 bridgehead atoms. The highest BCUT2D eigenvalue weighted by molar-refractivity contribution is 5.70. The van der Waals surface area contributed by atoms with Gasteiger partial charge in [-0.25, -0.2) is 0 Å². The van der Waals surface area contributed by atoms with E-state index >= 15 is 0 Å². The van der Waals surface area contributed by atoms with Crippen LogP contribution in [0, 0.1) is 17.8 Å². The monoisotopic (exact) mass is 241 g/mol. The summed E-state index contributed by atoms with van der Waals surface area (Å²) in [6.07, 6.45) is 5.85. The Labute approximate surface area is 105 Å². The Morgan fingerprint density at radius 2 is 2.06 bits per heavy atom. The molecule has 0 heterocycles. The van der Waals surface area contributed by atoms with E-state index in [2.05, 4.69) is 26.1 Å². The van der Waals surface area contributed by atoms with Crippen molar-refractivity contribution in [1.82, 2.24) is 5.32 Å². The number of hydrogen-bond acceptors (Lipinski definition) is 2. The minimum atomic E-state index is -0.658. The summed E-state index contributed by atoms with van der Waals surface area (Å²) in [6.45, 7) is 6.98. The summed E-state index contributed by atoms with van der Waals surface area (Å²) in [6, 6.07) is 0.526. The van der Waals surface area contributed by atoms with Gasteiger partial charge in [0.1, 0.15) is 0 Å². The van der Waals surface area contributed by atoms with Gasteiger partial charge in [0.25, 0.3) is 0 Å². The lowest BCUT2D eigenvalue weighted by atomic mass is 9.78. The second-order valence-corrected chi connectivity index (χ2v) is 5.78. The maximum absolute atomic E-state index is 11.1. The van der Waals surface area contributed by atoms with Crippen LogP contribution in [0.1, 0.15) is 52.9 Å². The SMILES string of the molecule is CCC(NCC(CC(C)C)C(=O)O)C1CCC1. The highest BCUT2D eigenvalue weighted by Crippen LogP contribution is 2.31. The normalized spacial score (nSPS) is 20.0. The van der Waals surface area contributed by atoms with Gasteiger partial charge in [-0.2, -0.15) is 0 Å². The molecule has 1 saturated carbocycles. The van der Waals surface area contributed by atoms with Gasteiger partial charge in [0.05, 0.1) is 5.92 Å². The minimum absolute atomic E-state index is 0.232. The fourth-order valence-corrected chi connectivity index (χ4v) is 2.62. The summed E-state index contributed by atoms with van der Waals surface area (Å²) in [4.78, 5) is 11.1. The molecule has 0 amide bonds. The summed E-state index contributed by atoms with van der Waals surface area (Å²) in [7, 11) is 0. The maximum atomic E-state index is 11.1. The van der Waals surface area contributed by atoms with Crippen molar-refractivity contribution in [2.24, 2.45) is 17.8 Å². The average Bonchev–Trinajstić information content (AvgIpc) is 2.18. The molecule has 0 aromatic heterocycles. The number of carbonyl (C=O) groups is 1. The van der Waals surface area contributed by atoms with Crippen LogP contribution in [0.25, 0.3) is 0 Å². The van der Waals surface area contributed by atoms with E-state index in [9.17, 15) is 9.90 Å². The van der Waals surface area contributed by atoms with E-state index in [0.717, 1.165) is 18.8 Å². The fraction of sp³-hybridized carbons (Fsp3) is 0.929. The third-order valence-electron chi connectivity index (χ3n) is 3.89. The molecule has 17 heavy (non-hydrogen) atoms. The molecule has 1 aliphatic rings. The van der Waals surface area contributed by atoms with Crippen LogP contribution in [-0.2, 0) is 4.79 Å². The third kappa shape index (κ3) is 4.66. The number of rotatable bonds is 8. The zero-order chi connectivity index (χ0) is 12.8. The maximum Gasteiger partial charge on any atom is 0.307 e. The van der Waals surface area contributed by atoms with Crippen molar-refractivity contribution in [2.45, 2.75) is 58.9 Å². The Morgan fingerprint density at radius 3 is 2.41 bits per heavy atom. The average molecular weight is 241 g/mol. The molecule has 2 unspecified atom stereocenters. The molecular weight excluding hydrogens is 214 g/mol. The van der Waals surface area contributed by atoms with E-state index in [0.29, 0.717) is 18.5 Å². The van der Waals surface area contributed by atoms with E-state index in [4.69, 9.17) is 0 Å². The summed E-state index contributed by atoms with van der Waals surface area (Å²) in [5, 5.41) is 12.7. The zero-order valence-electron chi connectivity index (χ0n) is 11.4. The molecular formula is C14H27NO2. The van der Waals surface area contributed by atoms with Gasteiger partial charge in [0, 0.05) is 12.6 Å². The Morgan fingerprint density at radius 1 is 1.41 bits per heavy atom. The Bertz CT molecular complexity index is 236. The van der Waals surface area contributed by atoms with Gasteiger partial charge in [0.15, 0.2) is 0 Å². The molecule has 3 nitrogen and oxygen atoms in total. The van der Waals surface area contributed by atoms with Crippen LogP contribution in [0.2, 0.25) is 0 Å². The molecule has 0 radical (unpaired) electrons. The molecule has 2 N–H and O–H groups in total. The Balaban J connectivity index is 2.35. The van der Waals surface area contributed by atoms with Crippen LogP contribution >= 0.6 is 0 Å². The molecule has 0 aromatic rings. The topological polar surface area (TPSA) is 49.3 Å². The van der Waals surface area contributed by atoms with E-state index < -0.39 is 5.97 Å². The van der Waals surface area contributed by atoms with E-state index in [-0.39, 0.29) is 5.92 Å². The highest BCUT2D eigenvalue weighted by Gasteiger charge is 2.27. The second kappa shape index (κ2) is 7.00. The molecule has 1 rings (SSSR count). The van der Waals surface area contributed by atoms with Crippen molar-refractivity contribution >= 4 is 5.97 Å². The summed E-state index contributed by atoms with van der Waals surface area (Å²) in [5.41, 5.74) is 0. The van der Waals surface area contributed by atoms with E-state index in [1.165, 1.54) is 19.3 Å². The molecule has 0 aromatic carbocycles. The lowest BCUT2D eigenvalue weighted by Gasteiger charge is -2.34. The quantitative estimate of drug-likeness (QED) is 0.687. The number of carboxylic acids is 1. The van der Waals surface area contributed by atoms with Gasteiger partial charge in [-0.15, -0.1) is 0 Å². The Hall–Kier alpha value is -0.570. The number of aliphatic carboxylic acids is 1. The van der Waals surface area contributed by atoms with Crippen LogP contribution in [0.4, 0.5) is 0 Å². The lowest BCUT2D eigenvalue weighted by Crippen LogP contribution is -2.42. The summed E-state index contributed by atoms with van der Waals surface area (Å²) in [5.74, 6) is 0.342. The van der Waals surface area contributed by atoms with Crippen molar-refractivity contribution in [1.29, 1.82) is 0 Å². The van der Waals surface area contributed by atoms with Gasteiger partial charge in [0.2, 0.25) is 0 Å². The number of carboxylic acid groups (broad SMARTS) is 1. The van der Waals surface area contributed by atoms with Gasteiger partial charge in [-0.05, 0) is 37.5 Å². The largest absolute Gasteiger partial charge is 0.481 e. The first-order valence-electron chi connectivity index (χ1n) is 7.00. The van der Waals surface area contributed by atoms with E-state index in [1.807, 2.05) is 0 Å². The molecule has 1 aliphatic carbocycles. The molecule has 1 fully saturated rings. The predicted molar refractivity (Wildman–Crippen MR) is 70.0 cm³/mol. The van der Waals surface area contributed by atoms with Gasteiger partial charge >= 0.3 is 5.97 Å². The smallest absolute Gasteiger partial charge is 0.307 e. The first kappa shape index (κ1) is 14.5. The highest BCUT2D eigenvalue weighted by atomic mass is 16.4. The van der Waals surface area contributed by atoms with Crippen LogP contribution in [-0.4, -0.2) is 23.7 Å². The van der Waals surface area contributed by atoms with Crippen LogP contribution < -0.4 is 5.32 Å². The first-order valence-corrected chi connectivity index (χ1v) is 7.00. The fourth-order valence-electron chi connectivity index (χ4n) is 2.62. The summed E-state index contributed by atoms with van der Waals surface area (Å²) >= 11 is 0. The molecule has 100 valence electrons. The van der Waals surface area contributed by atoms with E-state index in [1.54, 1.807) is 0 Å². The zero-order valence-corrected chi connectivity index (χ0v) is 11.4. The van der Waals surface area contributed by atoms with Crippen molar-refractivity contribution in [3.63, 3.8) is 0 Å². The lowest BCUT2D eigenvalue weighted by molar-refractivity contribution is -0.142. The molecule has 2 atom stereocenters. The Kier molecular flexibility index (Phi) is 5.96. The molecule has 0 aliphatic heterocycles. The molecule has 0 spiro atoms. The predicted octanol–water partition coefficient (Wildman–Crippen LogP) is 2.90. The first-order chi connectivity index (χ1) is 8.04.